The molecule has 8 heteroatoms. The second-order valence-corrected chi connectivity index (χ2v) is 9.92. The van der Waals surface area contributed by atoms with E-state index in [1.165, 1.54) is 0 Å². The Kier molecular flexibility index (Phi) is 7.84. The minimum Gasteiger partial charge on any atom is -0.354 e. The molecule has 3 aromatic carbocycles. The number of alkyl halides is 1. The van der Waals surface area contributed by atoms with Crippen molar-refractivity contribution >= 4 is 40.7 Å². The van der Waals surface area contributed by atoms with Crippen LogP contribution in [0.4, 0.5) is 15.8 Å². The van der Waals surface area contributed by atoms with Crippen molar-refractivity contribution in [1.82, 2.24) is 10.2 Å². The Morgan fingerprint density at radius 1 is 1.05 bits per heavy atom. The van der Waals surface area contributed by atoms with E-state index in [-0.39, 0.29) is 11.8 Å². The van der Waals surface area contributed by atoms with Crippen LogP contribution in [0.15, 0.2) is 66.7 Å². The Morgan fingerprint density at radius 3 is 2.46 bits per heavy atom. The summed E-state index contributed by atoms with van der Waals surface area (Å²) in [6.07, 6.45) is 1.18. The lowest BCUT2D eigenvalue weighted by Gasteiger charge is -2.28. The van der Waals surface area contributed by atoms with Crippen molar-refractivity contribution in [2.75, 3.05) is 36.8 Å². The van der Waals surface area contributed by atoms with Crippen LogP contribution < -0.4 is 16.0 Å². The van der Waals surface area contributed by atoms with Gasteiger partial charge in [-0.2, -0.15) is 0 Å². The summed E-state index contributed by atoms with van der Waals surface area (Å²) < 4.78 is 13.3. The van der Waals surface area contributed by atoms with Crippen molar-refractivity contribution in [2.24, 2.45) is 0 Å². The maximum Gasteiger partial charge on any atom is 0.258 e. The smallest absolute Gasteiger partial charge is 0.258 e. The van der Waals surface area contributed by atoms with E-state index in [1.54, 1.807) is 30.3 Å². The quantitative estimate of drug-likeness (QED) is 0.287. The lowest BCUT2D eigenvalue weighted by Crippen LogP contribution is -2.40. The second-order valence-electron chi connectivity index (χ2n) is 9.92. The van der Waals surface area contributed by atoms with E-state index in [9.17, 15) is 18.8 Å². The third-order valence-electron chi connectivity index (χ3n) is 7.24. The molecule has 0 aromatic heterocycles. The molecular weight excluding hydrogens is 495 g/mol. The molecule has 0 atom stereocenters. The van der Waals surface area contributed by atoms with Crippen LogP contribution in [0.2, 0.25) is 0 Å². The van der Waals surface area contributed by atoms with Crippen molar-refractivity contribution in [3.63, 3.8) is 0 Å². The number of anilines is 2. The number of nitrogens with zero attached hydrogens (tertiary/aromatic N) is 1. The van der Waals surface area contributed by atoms with Gasteiger partial charge in [-0.15, -0.1) is 0 Å². The van der Waals surface area contributed by atoms with Gasteiger partial charge in [-0.3, -0.25) is 14.4 Å². The van der Waals surface area contributed by atoms with Crippen LogP contribution in [-0.2, 0) is 4.79 Å². The first-order valence-electron chi connectivity index (χ1n) is 13.2. The fourth-order valence-electron chi connectivity index (χ4n) is 5.00. The number of carbonyl (C=O) groups is 3. The topological polar surface area (TPSA) is 90.5 Å². The number of fused-ring (bicyclic) bond motifs is 1. The summed E-state index contributed by atoms with van der Waals surface area (Å²) in [6.45, 7) is 4.48. The first-order chi connectivity index (χ1) is 18.9. The fraction of sp³-hybridized carbons (Fsp3) is 0.258. The normalized spacial score (nSPS) is 16.8. The second kappa shape index (κ2) is 11.6. The summed E-state index contributed by atoms with van der Waals surface area (Å²) in [5.74, 6) is -0.431. The van der Waals surface area contributed by atoms with Crippen LogP contribution in [0.1, 0.15) is 50.2 Å². The first-order valence-corrected chi connectivity index (χ1v) is 13.2. The zero-order chi connectivity index (χ0) is 27.4. The van der Waals surface area contributed by atoms with Gasteiger partial charge in [-0.1, -0.05) is 30.3 Å². The number of aryl methyl sites for hydroxylation is 1. The highest BCUT2D eigenvalue weighted by atomic mass is 19.1. The van der Waals surface area contributed by atoms with Crippen molar-refractivity contribution < 1.29 is 18.8 Å². The van der Waals surface area contributed by atoms with Gasteiger partial charge in [-0.25, -0.2) is 4.39 Å². The van der Waals surface area contributed by atoms with Gasteiger partial charge in [0.2, 0.25) is 0 Å². The number of halogens is 1. The number of amides is 2. The lowest BCUT2D eigenvalue weighted by atomic mass is 9.97. The predicted molar refractivity (Wildman–Crippen MR) is 151 cm³/mol. The number of nitrogens with one attached hydrogen (secondary N) is 3. The van der Waals surface area contributed by atoms with Gasteiger partial charge < -0.3 is 20.9 Å². The van der Waals surface area contributed by atoms with Gasteiger partial charge in [0.25, 0.3) is 11.8 Å². The molecule has 1 saturated heterocycles. The number of carbonyl (C=O) groups excluding carboxylic acids is 3. The summed E-state index contributed by atoms with van der Waals surface area (Å²) in [4.78, 5) is 39.4. The Bertz CT molecular complexity index is 1410. The molecule has 2 aliphatic rings. The van der Waals surface area contributed by atoms with E-state index in [2.05, 4.69) is 20.9 Å². The van der Waals surface area contributed by atoms with Crippen molar-refractivity contribution in [3.8, 4) is 0 Å². The third-order valence-corrected chi connectivity index (χ3v) is 7.24. The van der Waals surface area contributed by atoms with Crippen molar-refractivity contribution in [2.45, 2.75) is 25.9 Å². The van der Waals surface area contributed by atoms with Crippen LogP contribution in [0.3, 0.4) is 0 Å². The number of hydrogen-bond donors (Lipinski definition) is 3. The molecule has 0 radical (unpaired) electrons. The van der Waals surface area contributed by atoms with Crippen molar-refractivity contribution in [3.05, 3.63) is 94.5 Å². The van der Waals surface area contributed by atoms with E-state index in [0.29, 0.717) is 54.0 Å². The lowest BCUT2D eigenvalue weighted by molar-refractivity contribution is -0.110. The molecule has 0 spiro atoms. The Hall–Kier alpha value is -4.30. The molecule has 2 aliphatic heterocycles. The molecular formula is C31H31FN4O3. The summed E-state index contributed by atoms with van der Waals surface area (Å²) in [5.41, 5.74) is 5.81. The van der Waals surface area contributed by atoms with Crippen molar-refractivity contribution in [1.29, 1.82) is 0 Å². The highest BCUT2D eigenvalue weighted by molar-refractivity contribution is 6.37. The number of aldehydes is 1. The number of piperidine rings is 1. The Morgan fingerprint density at radius 2 is 1.77 bits per heavy atom. The van der Waals surface area contributed by atoms with E-state index in [1.807, 2.05) is 43.3 Å². The standard InChI is InChI=1S/C31H31FN4O3/c1-20-17-26-27(18-23(20)19-37)35-31(39)28(26)29(21-5-3-2-4-6-21)34-25-9-7-22(8-10-25)30(38)33-13-16-36-14-11-24(32)12-15-36/h2-10,17-19,24,34H,11-16H2,1H3,(H,33,38)(H,35,39)/b29-28-. The number of hydrogen-bond acceptors (Lipinski definition) is 5. The van der Waals surface area contributed by atoms with Crippen LogP contribution in [0, 0.1) is 6.92 Å². The molecule has 3 aromatic rings. The van der Waals surface area contributed by atoms with Gasteiger partial charge >= 0.3 is 0 Å². The summed E-state index contributed by atoms with van der Waals surface area (Å²) in [5, 5.41) is 9.21. The Balaban J connectivity index is 1.35. The van der Waals surface area contributed by atoms with Gasteiger partial charge in [0.05, 0.1) is 11.3 Å². The SMILES string of the molecule is Cc1cc2c(cc1C=O)NC(=O)/C2=C(\Nc1ccc(C(=O)NCCN2CCC(F)CC2)cc1)c1ccccc1. The predicted octanol–water partition coefficient (Wildman–Crippen LogP) is 4.90. The summed E-state index contributed by atoms with van der Waals surface area (Å²) in [6, 6.07) is 20.2. The Labute approximate surface area is 227 Å². The molecule has 0 aliphatic carbocycles. The molecule has 0 bridgehead atoms. The summed E-state index contributed by atoms with van der Waals surface area (Å²) in [7, 11) is 0. The molecule has 0 unspecified atom stereocenters. The van der Waals surface area contributed by atoms with Gasteiger partial charge in [0.1, 0.15) is 12.5 Å². The van der Waals surface area contributed by atoms with E-state index in [4.69, 9.17) is 0 Å². The maximum absolute atomic E-state index is 13.3. The summed E-state index contributed by atoms with van der Waals surface area (Å²) >= 11 is 0. The maximum atomic E-state index is 13.3. The molecule has 7 nitrogen and oxygen atoms in total. The molecule has 2 amide bonds. The monoisotopic (exact) mass is 526 g/mol. The largest absolute Gasteiger partial charge is 0.354 e. The van der Waals surface area contributed by atoms with Crippen LogP contribution in [0.25, 0.3) is 11.3 Å². The molecule has 5 rings (SSSR count). The van der Waals surface area contributed by atoms with Crippen LogP contribution >= 0.6 is 0 Å². The van der Waals surface area contributed by atoms with Crippen LogP contribution in [0.5, 0.6) is 0 Å². The minimum atomic E-state index is -0.710. The van der Waals surface area contributed by atoms with Gasteiger partial charge in [0.15, 0.2) is 0 Å². The highest BCUT2D eigenvalue weighted by Crippen LogP contribution is 2.38. The zero-order valence-corrected chi connectivity index (χ0v) is 21.8. The highest BCUT2D eigenvalue weighted by Gasteiger charge is 2.29. The average molecular weight is 527 g/mol. The van der Waals surface area contributed by atoms with Gasteiger partial charge in [0, 0.05) is 54.2 Å². The number of rotatable bonds is 8. The molecule has 0 saturated carbocycles. The zero-order valence-electron chi connectivity index (χ0n) is 21.8. The van der Waals surface area contributed by atoms with Crippen LogP contribution in [-0.4, -0.2) is 55.4 Å². The molecule has 39 heavy (non-hydrogen) atoms. The fourth-order valence-corrected chi connectivity index (χ4v) is 5.00. The number of benzene rings is 3. The first kappa shape index (κ1) is 26.3. The molecule has 1 fully saturated rings. The molecule has 200 valence electrons. The minimum absolute atomic E-state index is 0.172. The van der Waals surface area contributed by atoms with E-state index < -0.39 is 6.17 Å². The average Bonchev–Trinajstić information content (AvgIpc) is 3.27. The van der Waals surface area contributed by atoms with Gasteiger partial charge in [-0.05, 0) is 67.3 Å². The number of likely N-dealkylation sites (tertiary alicyclic amines) is 1. The van der Waals surface area contributed by atoms with E-state index in [0.717, 1.165) is 41.8 Å². The molecule has 3 N–H and O–H groups in total. The third kappa shape index (κ3) is 5.91. The molecule has 2 heterocycles. The van der Waals surface area contributed by atoms with E-state index >= 15 is 0 Å².